The number of ether oxygens (including phenoxy) is 2. The van der Waals surface area contributed by atoms with Gasteiger partial charge in [0.15, 0.2) is 0 Å². The van der Waals surface area contributed by atoms with Crippen LogP contribution in [0, 0.1) is 10.1 Å². The lowest BCUT2D eigenvalue weighted by Crippen LogP contribution is -1.96. The van der Waals surface area contributed by atoms with Crippen LogP contribution >= 0.6 is 27.5 Å². The van der Waals surface area contributed by atoms with Gasteiger partial charge in [0.1, 0.15) is 11.5 Å². The van der Waals surface area contributed by atoms with E-state index in [-0.39, 0.29) is 17.3 Å². The third kappa shape index (κ3) is 3.65. The van der Waals surface area contributed by atoms with Crippen LogP contribution in [-0.4, -0.2) is 12.0 Å². The van der Waals surface area contributed by atoms with E-state index in [2.05, 4.69) is 15.9 Å². The van der Waals surface area contributed by atoms with Crippen molar-refractivity contribution < 1.29 is 14.4 Å². The molecule has 0 saturated carbocycles. The Kier molecular flexibility index (Phi) is 5.03. The van der Waals surface area contributed by atoms with Crippen molar-refractivity contribution in [3.63, 3.8) is 0 Å². The molecule has 0 aromatic heterocycles. The summed E-state index contributed by atoms with van der Waals surface area (Å²) in [4.78, 5) is 10.6. The number of alkyl halides is 1. The van der Waals surface area contributed by atoms with Gasteiger partial charge in [-0.1, -0.05) is 15.9 Å². The van der Waals surface area contributed by atoms with Crippen LogP contribution < -0.4 is 9.47 Å². The van der Waals surface area contributed by atoms with Gasteiger partial charge in [0, 0.05) is 10.0 Å². The molecule has 0 saturated heterocycles. The Hall–Kier alpha value is -1.79. The van der Waals surface area contributed by atoms with Gasteiger partial charge in [-0.2, -0.15) is 0 Å². The number of methoxy groups -OCH3 is 1. The summed E-state index contributed by atoms with van der Waals surface area (Å²) in [5.41, 5.74) is 0.564. The molecule has 0 atom stereocenters. The standard InChI is InChI=1S/C14H11BrClNO4/c1-20-11-3-5-14(12(7-11)17(18)19)21-13-4-2-10(15)6-9(13)8-16/h2-7H,8H2,1H3. The number of nitro groups is 1. The minimum atomic E-state index is -0.517. The Balaban J connectivity index is 2.42. The summed E-state index contributed by atoms with van der Waals surface area (Å²) in [5, 5.41) is 11.1. The monoisotopic (exact) mass is 371 g/mol. The van der Waals surface area contributed by atoms with E-state index in [1.54, 1.807) is 24.3 Å². The van der Waals surface area contributed by atoms with Gasteiger partial charge in [-0.05, 0) is 30.3 Å². The normalized spacial score (nSPS) is 10.2. The van der Waals surface area contributed by atoms with Crippen LogP contribution in [0.4, 0.5) is 5.69 Å². The minimum Gasteiger partial charge on any atom is -0.496 e. The largest absolute Gasteiger partial charge is 0.496 e. The van der Waals surface area contributed by atoms with E-state index in [1.165, 1.54) is 19.2 Å². The minimum absolute atomic E-state index is 0.134. The van der Waals surface area contributed by atoms with Crippen LogP contribution in [0.15, 0.2) is 40.9 Å². The molecule has 0 aliphatic heterocycles. The number of hydrogen-bond donors (Lipinski definition) is 0. The molecule has 0 unspecified atom stereocenters. The molecule has 7 heteroatoms. The second-order valence-corrected chi connectivity index (χ2v) is 5.26. The maximum absolute atomic E-state index is 11.1. The average molecular weight is 373 g/mol. The van der Waals surface area contributed by atoms with Crippen molar-refractivity contribution in [3.05, 3.63) is 56.5 Å². The Labute approximate surface area is 134 Å². The maximum Gasteiger partial charge on any atom is 0.315 e. The summed E-state index contributed by atoms with van der Waals surface area (Å²) in [5.74, 6) is 1.23. The quantitative estimate of drug-likeness (QED) is 0.425. The molecule has 0 radical (unpaired) electrons. The smallest absolute Gasteiger partial charge is 0.315 e. The van der Waals surface area contributed by atoms with Crippen LogP contribution in [0.1, 0.15) is 5.56 Å². The summed E-state index contributed by atoms with van der Waals surface area (Å²) in [7, 11) is 1.44. The van der Waals surface area contributed by atoms with Crippen molar-refractivity contribution >= 4 is 33.2 Å². The van der Waals surface area contributed by atoms with Crippen molar-refractivity contribution in [2.75, 3.05) is 7.11 Å². The van der Waals surface area contributed by atoms with E-state index in [0.717, 1.165) is 10.0 Å². The highest BCUT2D eigenvalue weighted by molar-refractivity contribution is 9.10. The number of hydrogen-bond acceptors (Lipinski definition) is 4. The lowest BCUT2D eigenvalue weighted by molar-refractivity contribution is -0.385. The summed E-state index contributed by atoms with van der Waals surface area (Å²) >= 11 is 9.21. The first-order valence-corrected chi connectivity index (χ1v) is 7.22. The molecule has 21 heavy (non-hydrogen) atoms. The van der Waals surface area contributed by atoms with Crippen LogP contribution in [0.3, 0.4) is 0 Å². The molecule has 0 amide bonds. The lowest BCUT2D eigenvalue weighted by Gasteiger charge is -2.11. The van der Waals surface area contributed by atoms with E-state index >= 15 is 0 Å². The fourth-order valence-corrected chi connectivity index (χ4v) is 2.34. The molecule has 0 fully saturated rings. The SMILES string of the molecule is COc1ccc(Oc2ccc(Br)cc2CCl)c([N+](=O)[O-])c1. The summed E-state index contributed by atoms with van der Waals surface area (Å²) in [6, 6.07) is 9.70. The third-order valence-electron chi connectivity index (χ3n) is 2.75. The molecule has 110 valence electrons. The van der Waals surface area contributed by atoms with Gasteiger partial charge in [0.2, 0.25) is 5.75 Å². The van der Waals surface area contributed by atoms with Crippen LogP contribution in [0.2, 0.25) is 0 Å². The second-order valence-electron chi connectivity index (χ2n) is 4.08. The van der Waals surface area contributed by atoms with Crippen molar-refractivity contribution in [2.45, 2.75) is 5.88 Å². The highest BCUT2D eigenvalue weighted by Crippen LogP contribution is 2.36. The van der Waals surface area contributed by atoms with Crippen LogP contribution in [-0.2, 0) is 5.88 Å². The summed E-state index contributed by atoms with van der Waals surface area (Å²) in [6.45, 7) is 0. The first-order valence-electron chi connectivity index (χ1n) is 5.90. The zero-order valence-corrected chi connectivity index (χ0v) is 13.3. The molecule has 2 aromatic carbocycles. The fraction of sp³-hybridized carbons (Fsp3) is 0.143. The highest BCUT2D eigenvalue weighted by atomic mass is 79.9. The van der Waals surface area contributed by atoms with Gasteiger partial charge in [-0.25, -0.2) is 0 Å². The molecular weight excluding hydrogens is 362 g/mol. The highest BCUT2D eigenvalue weighted by Gasteiger charge is 2.18. The lowest BCUT2D eigenvalue weighted by atomic mass is 10.2. The first-order chi connectivity index (χ1) is 10.0. The van der Waals surface area contributed by atoms with Crippen molar-refractivity contribution in [3.8, 4) is 17.2 Å². The van der Waals surface area contributed by atoms with E-state index in [0.29, 0.717) is 11.5 Å². The predicted octanol–water partition coefficient (Wildman–Crippen LogP) is 4.90. The molecule has 2 rings (SSSR count). The van der Waals surface area contributed by atoms with E-state index in [4.69, 9.17) is 21.1 Å². The number of nitrogens with zero attached hydrogens (tertiary/aromatic N) is 1. The van der Waals surface area contributed by atoms with Crippen LogP contribution in [0.5, 0.6) is 17.2 Å². The van der Waals surface area contributed by atoms with E-state index < -0.39 is 4.92 Å². The Morgan fingerprint density at radius 3 is 2.57 bits per heavy atom. The topological polar surface area (TPSA) is 61.6 Å². The molecule has 0 heterocycles. The average Bonchev–Trinajstić information content (AvgIpc) is 2.49. The Bertz CT molecular complexity index is 678. The Morgan fingerprint density at radius 1 is 1.24 bits per heavy atom. The molecule has 0 aliphatic carbocycles. The number of nitro benzene ring substituents is 1. The fourth-order valence-electron chi connectivity index (χ4n) is 1.72. The predicted molar refractivity (Wildman–Crippen MR) is 83.4 cm³/mol. The third-order valence-corrected chi connectivity index (χ3v) is 3.53. The first kappa shape index (κ1) is 15.6. The zero-order valence-electron chi connectivity index (χ0n) is 11.0. The summed E-state index contributed by atoms with van der Waals surface area (Å²) in [6.07, 6.45) is 0. The Morgan fingerprint density at radius 2 is 1.95 bits per heavy atom. The van der Waals surface area contributed by atoms with E-state index in [9.17, 15) is 10.1 Å². The number of rotatable bonds is 5. The van der Waals surface area contributed by atoms with Crippen molar-refractivity contribution in [1.29, 1.82) is 0 Å². The zero-order chi connectivity index (χ0) is 15.4. The van der Waals surface area contributed by atoms with Crippen molar-refractivity contribution in [2.24, 2.45) is 0 Å². The molecule has 0 N–H and O–H groups in total. The number of halogens is 2. The van der Waals surface area contributed by atoms with Gasteiger partial charge in [0.05, 0.1) is 24.0 Å². The second kappa shape index (κ2) is 6.78. The van der Waals surface area contributed by atoms with E-state index in [1.807, 2.05) is 0 Å². The molecule has 0 bridgehead atoms. The van der Waals surface area contributed by atoms with Gasteiger partial charge in [0.25, 0.3) is 0 Å². The van der Waals surface area contributed by atoms with Gasteiger partial charge < -0.3 is 9.47 Å². The molecular formula is C14H11BrClNO4. The maximum atomic E-state index is 11.1. The van der Waals surface area contributed by atoms with Gasteiger partial charge >= 0.3 is 5.69 Å². The molecule has 5 nitrogen and oxygen atoms in total. The van der Waals surface area contributed by atoms with Crippen molar-refractivity contribution in [1.82, 2.24) is 0 Å². The van der Waals surface area contributed by atoms with Gasteiger partial charge in [-0.15, -0.1) is 11.6 Å². The molecule has 0 spiro atoms. The van der Waals surface area contributed by atoms with Crippen LogP contribution in [0.25, 0.3) is 0 Å². The molecule has 0 aliphatic rings. The van der Waals surface area contributed by atoms with Gasteiger partial charge in [-0.3, -0.25) is 10.1 Å². The molecule has 2 aromatic rings. The summed E-state index contributed by atoms with van der Waals surface area (Å²) < 4.78 is 11.5. The number of benzene rings is 2.